The van der Waals surface area contributed by atoms with Crippen molar-refractivity contribution in [2.75, 3.05) is 48.2 Å². The van der Waals surface area contributed by atoms with Gasteiger partial charge in [-0.15, -0.1) is 0 Å². The zero-order chi connectivity index (χ0) is 25.3. The van der Waals surface area contributed by atoms with Crippen LogP contribution in [0.15, 0.2) is 59.9 Å². The third kappa shape index (κ3) is 4.64. The van der Waals surface area contributed by atoms with Crippen LogP contribution in [0.1, 0.15) is 0 Å². The Morgan fingerprint density at radius 3 is 2.53 bits per heavy atom. The molecule has 4 aromatic rings. The Kier molecular flexibility index (Phi) is 6.37. The van der Waals surface area contributed by atoms with Crippen molar-refractivity contribution in [2.45, 2.75) is 4.90 Å². The first-order chi connectivity index (χ1) is 17.4. The van der Waals surface area contributed by atoms with Crippen molar-refractivity contribution in [3.05, 3.63) is 66.6 Å². The van der Waals surface area contributed by atoms with Crippen LogP contribution in [0.4, 0.5) is 26.1 Å². The second-order valence-electron chi connectivity index (χ2n) is 8.22. The van der Waals surface area contributed by atoms with Gasteiger partial charge < -0.3 is 15.5 Å². The highest BCUT2D eigenvalue weighted by Crippen LogP contribution is 2.32. The molecule has 9 nitrogen and oxygen atoms in total. The van der Waals surface area contributed by atoms with Crippen molar-refractivity contribution in [2.24, 2.45) is 0 Å². The molecule has 2 aromatic heterocycles. The maximum Gasteiger partial charge on any atom is 0.264 e. The lowest BCUT2D eigenvalue weighted by molar-refractivity contribution is 0.551. The van der Waals surface area contributed by atoms with Gasteiger partial charge in [-0.3, -0.25) is 4.72 Å². The first-order valence-corrected chi connectivity index (χ1v) is 12.7. The molecule has 2 aromatic carbocycles. The van der Waals surface area contributed by atoms with Gasteiger partial charge >= 0.3 is 0 Å². The van der Waals surface area contributed by atoms with E-state index in [1.807, 2.05) is 18.2 Å². The molecular formula is C24H23F2N7O2S. The number of sulfonamides is 1. The number of rotatable bonds is 6. The van der Waals surface area contributed by atoms with E-state index in [0.717, 1.165) is 60.6 Å². The number of halogens is 2. The molecule has 186 valence electrons. The van der Waals surface area contributed by atoms with Gasteiger partial charge in [0.25, 0.3) is 10.0 Å². The molecule has 1 saturated heterocycles. The largest absolute Gasteiger partial charge is 0.371 e. The summed E-state index contributed by atoms with van der Waals surface area (Å²) < 4.78 is 55.6. The number of nitrogens with one attached hydrogen (secondary N) is 3. The van der Waals surface area contributed by atoms with E-state index in [1.165, 1.54) is 0 Å². The third-order valence-electron chi connectivity index (χ3n) is 5.92. The third-order valence-corrected chi connectivity index (χ3v) is 7.32. The van der Waals surface area contributed by atoms with Crippen LogP contribution < -0.4 is 20.3 Å². The van der Waals surface area contributed by atoms with Crippen LogP contribution in [-0.2, 0) is 10.0 Å². The SMILES string of the molecule is CNc1ncc(-c2ccc3ncnc(N4CCNCC4)c3c2)cc1NS(=O)(=O)c1ccc(F)cc1F. The van der Waals surface area contributed by atoms with Gasteiger partial charge in [0.15, 0.2) is 0 Å². The van der Waals surface area contributed by atoms with E-state index >= 15 is 0 Å². The zero-order valence-electron chi connectivity index (χ0n) is 19.3. The lowest BCUT2D eigenvalue weighted by atomic mass is 10.0. The highest BCUT2D eigenvalue weighted by Gasteiger charge is 2.22. The lowest BCUT2D eigenvalue weighted by Crippen LogP contribution is -2.44. The number of fused-ring (bicyclic) bond motifs is 1. The van der Waals surface area contributed by atoms with Gasteiger partial charge in [0.2, 0.25) is 0 Å². The molecule has 3 N–H and O–H groups in total. The molecule has 0 radical (unpaired) electrons. The minimum atomic E-state index is -4.35. The molecule has 0 amide bonds. The molecule has 0 atom stereocenters. The molecule has 5 rings (SSSR count). The number of piperazine rings is 1. The minimum absolute atomic E-state index is 0.116. The summed E-state index contributed by atoms with van der Waals surface area (Å²) >= 11 is 0. The van der Waals surface area contributed by atoms with Gasteiger partial charge in [-0.25, -0.2) is 32.2 Å². The average molecular weight is 512 g/mol. The Labute approximate surface area is 206 Å². The van der Waals surface area contributed by atoms with Crippen molar-refractivity contribution in [3.63, 3.8) is 0 Å². The summed E-state index contributed by atoms with van der Waals surface area (Å²) in [5, 5.41) is 7.02. The smallest absolute Gasteiger partial charge is 0.264 e. The second-order valence-corrected chi connectivity index (χ2v) is 9.87. The molecule has 3 heterocycles. The number of nitrogens with zero attached hydrogens (tertiary/aromatic N) is 4. The van der Waals surface area contributed by atoms with Crippen LogP contribution in [0.5, 0.6) is 0 Å². The van der Waals surface area contributed by atoms with Crippen LogP contribution in [-0.4, -0.2) is 56.6 Å². The standard InChI is InChI=1S/C24H23F2N7O2S/c1-27-23-21(32-36(34,35)22-5-3-17(25)12-19(22)26)11-16(13-29-23)15-2-4-20-18(10-15)24(31-14-30-20)33-8-6-28-7-9-33/h2-5,10-14,28,32H,6-9H2,1H3,(H,27,29). The van der Waals surface area contributed by atoms with Crippen molar-refractivity contribution in [3.8, 4) is 11.1 Å². The van der Waals surface area contributed by atoms with E-state index in [2.05, 4.69) is 35.2 Å². The van der Waals surface area contributed by atoms with Crippen molar-refractivity contribution in [1.29, 1.82) is 0 Å². The van der Waals surface area contributed by atoms with Crippen molar-refractivity contribution in [1.82, 2.24) is 20.3 Å². The van der Waals surface area contributed by atoms with Crippen LogP contribution in [0, 0.1) is 11.6 Å². The maximum absolute atomic E-state index is 14.2. The number of pyridine rings is 1. The molecule has 12 heteroatoms. The fourth-order valence-electron chi connectivity index (χ4n) is 4.14. The lowest BCUT2D eigenvalue weighted by Gasteiger charge is -2.29. The van der Waals surface area contributed by atoms with Crippen molar-refractivity contribution >= 4 is 38.2 Å². The molecule has 1 aliphatic rings. The van der Waals surface area contributed by atoms with Crippen LogP contribution in [0.2, 0.25) is 0 Å². The molecule has 0 aliphatic carbocycles. The predicted molar refractivity (Wildman–Crippen MR) is 135 cm³/mol. The molecule has 0 saturated carbocycles. The van der Waals surface area contributed by atoms with Gasteiger partial charge in [-0.2, -0.15) is 0 Å². The van der Waals surface area contributed by atoms with E-state index in [1.54, 1.807) is 25.6 Å². The minimum Gasteiger partial charge on any atom is -0.371 e. The van der Waals surface area contributed by atoms with E-state index < -0.39 is 26.6 Å². The average Bonchev–Trinajstić information content (AvgIpc) is 2.88. The first-order valence-electron chi connectivity index (χ1n) is 11.2. The predicted octanol–water partition coefficient (Wildman–Crippen LogP) is 3.22. The quantitative estimate of drug-likeness (QED) is 0.362. The summed E-state index contributed by atoms with van der Waals surface area (Å²) in [7, 11) is -2.76. The monoisotopic (exact) mass is 511 g/mol. The number of anilines is 3. The highest BCUT2D eigenvalue weighted by molar-refractivity contribution is 7.92. The van der Waals surface area contributed by atoms with Gasteiger partial charge in [0.1, 0.15) is 34.5 Å². The highest BCUT2D eigenvalue weighted by atomic mass is 32.2. The number of hydrogen-bond acceptors (Lipinski definition) is 8. The molecule has 1 fully saturated rings. The summed E-state index contributed by atoms with van der Waals surface area (Å²) in [6.07, 6.45) is 3.15. The number of hydrogen-bond donors (Lipinski definition) is 3. The molecule has 0 unspecified atom stereocenters. The summed E-state index contributed by atoms with van der Waals surface area (Å²) in [6.45, 7) is 3.36. The Morgan fingerprint density at radius 2 is 1.78 bits per heavy atom. The van der Waals surface area contributed by atoms with Crippen molar-refractivity contribution < 1.29 is 17.2 Å². The van der Waals surface area contributed by atoms with E-state index in [-0.39, 0.29) is 11.5 Å². The Morgan fingerprint density at radius 1 is 0.972 bits per heavy atom. The Balaban J connectivity index is 1.54. The second kappa shape index (κ2) is 9.63. The van der Waals surface area contributed by atoms with E-state index in [4.69, 9.17) is 0 Å². The fraction of sp³-hybridized carbons (Fsp3) is 0.208. The number of aromatic nitrogens is 3. The summed E-state index contributed by atoms with van der Waals surface area (Å²) in [4.78, 5) is 14.8. The topological polar surface area (TPSA) is 112 Å². The van der Waals surface area contributed by atoms with Gasteiger partial charge in [-0.05, 0) is 35.9 Å². The van der Waals surface area contributed by atoms with Crippen LogP contribution in [0.25, 0.3) is 22.0 Å². The Hall–Kier alpha value is -3.90. The fourth-order valence-corrected chi connectivity index (χ4v) is 5.26. The zero-order valence-corrected chi connectivity index (χ0v) is 20.1. The normalized spacial score (nSPS) is 14.1. The van der Waals surface area contributed by atoms with Gasteiger partial charge in [-0.1, -0.05) is 6.07 Å². The summed E-state index contributed by atoms with van der Waals surface area (Å²) in [5.74, 6) is -0.981. The van der Waals surface area contributed by atoms with E-state index in [0.29, 0.717) is 11.6 Å². The molecule has 36 heavy (non-hydrogen) atoms. The van der Waals surface area contributed by atoms with Gasteiger partial charge in [0, 0.05) is 56.4 Å². The van der Waals surface area contributed by atoms with Crippen LogP contribution >= 0.6 is 0 Å². The molecular weight excluding hydrogens is 488 g/mol. The molecule has 1 aliphatic heterocycles. The Bertz CT molecular complexity index is 1540. The summed E-state index contributed by atoms with van der Waals surface area (Å²) in [6, 6.07) is 9.58. The summed E-state index contributed by atoms with van der Waals surface area (Å²) in [5.41, 5.74) is 2.31. The first kappa shape index (κ1) is 23.8. The molecule has 0 bridgehead atoms. The maximum atomic E-state index is 14.2. The van der Waals surface area contributed by atoms with E-state index in [9.17, 15) is 17.2 Å². The van der Waals surface area contributed by atoms with Gasteiger partial charge in [0.05, 0.1) is 11.2 Å². The van der Waals surface area contributed by atoms with Crippen LogP contribution in [0.3, 0.4) is 0 Å². The number of benzene rings is 2. The molecule has 0 spiro atoms.